The molecule has 2 fully saturated rings. The summed E-state index contributed by atoms with van der Waals surface area (Å²) in [7, 11) is 2.08. The SMILES string of the molecule is CN1C/C(=C(/NCc2ccc(-c3ccccn3)cc2)Nc2ccccc2)C(=N)N2C1=N[C@@H]1CCC[C@@H]12. The Morgan fingerprint density at radius 2 is 1.81 bits per heavy atom. The van der Waals surface area contributed by atoms with Crippen LogP contribution in [0.25, 0.3) is 11.3 Å². The van der Waals surface area contributed by atoms with E-state index in [1.165, 1.54) is 6.42 Å². The number of para-hydroxylation sites is 1. The van der Waals surface area contributed by atoms with Gasteiger partial charge in [0, 0.05) is 31.0 Å². The summed E-state index contributed by atoms with van der Waals surface area (Å²) in [5.74, 6) is 2.37. The Kier molecular flexibility index (Phi) is 5.89. The molecule has 2 atom stereocenters. The van der Waals surface area contributed by atoms with Gasteiger partial charge in [-0.3, -0.25) is 15.3 Å². The normalized spacial score (nSPS) is 22.1. The first-order valence-corrected chi connectivity index (χ1v) is 12.6. The number of likely N-dealkylation sites (N-methyl/N-ethyl adjacent to an activating group) is 1. The molecule has 7 nitrogen and oxygen atoms in total. The third-order valence-electron chi connectivity index (χ3n) is 7.26. The monoisotopic (exact) mass is 477 g/mol. The molecule has 3 heterocycles. The minimum absolute atomic E-state index is 0.308. The molecule has 2 aromatic carbocycles. The lowest BCUT2D eigenvalue weighted by Gasteiger charge is -2.39. The Balaban J connectivity index is 1.27. The Labute approximate surface area is 212 Å². The van der Waals surface area contributed by atoms with Crippen molar-refractivity contribution in [2.75, 3.05) is 18.9 Å². The molecule has 7 heteroatoms. The zero-order valence-electron chi connectivity index (χ0n) is 20.5. The number of fused-ring (bicyclic) bond motifs is 3. The number of anilines is 1. The average molecular weight is 478 g/mol. The minimum atomic E-state index is 0.308. The smallest absolute Gasteiger partial charge is 0.203 e. The predicted molar refractivity (Wildman–Crippen MR) is 145 cm³/mol. The number of nitrogens with one attached hydrogen (secondary N) is 3. The molecule has 2 aliphatic heterocycles. The zero-order chi connectivity index (χ0) is 24.5. The molecular weight excluding hydrogens is 446 g/mol. The van der Waals surface area contributed by atoms with Gasteiger partial charge >= 0.3 is 0 Å². The summed E-state index contributed by atoms with van der Waals surface area (Å²) < 4.78 is 0. The highest BCUT2D eigenvalue weighted by atomic mass is 15.5. The summed E-state index contributed by atoms with van der Waals surface area (Å²) in [6, 6.07) is 25.2. The Morgan fingerprint density at radius 3 is 2.58 bits per heavy atom. The summed E-state index contributed by atoms with van der Waals surface area (Å²) in [4.78, 5) is 13.8. The molecule has 0 spiro atoms. The molecule has 1 aromatic heterocycles. The van der Waals surface area contributed by atoms with Gasteiger partial charge in [-0.2, -0.15) is 0 Å². The molecule has 36 heavy (non-hydrogen) atoms. The number of benzene rings is 2. The number of aliphatic imine (C=N–C) groups is 1. The van der Waals surface area contributed by atoms with Crippen LogP contribution in [0, 0.1) is 5.41 Å². The van der Waals surface area contributed by atoms with Crippen LogP contribution in [0.2, 0.25) is 0 Å². The number of guanidine groups is 1. The highest BCUT2D eigenvalue weighted by molar-refractivity contribution is 6.11. The van der Waals surface area contributed by atoms with Gasteiger partial charge in [0.05, 0.1) is 29.9 Å². The van der Waals surface area contributed by atoms with Gasteiger partial charge in [-0.1, -0.05) is 48.5 Å². The second kappa shape index (κ2) is 9.49. The number of hydrogen-bond acceptors (Lipinski definition) is 6. The lowest BCUT2D eigenvalue weighted by molar-refractivity contribution is 0.380. The van der Waals surface area contributed by atoms with E-state index in [4.69, 9.17) is 4.99 Å². The second-order valence-electron chi connectivity index (χ2n) is 9.68. The Morgan fingerprint density at radius 1 is 1.00 bits per heavy atom. The van der Waals surface area contributed by atoms with Crippen molar-refractivity contribution < 1.29 is 0 Å². The van der Waals surface area contributed by atoms with E-state index in [-0.39, 0.29) is 0 Å². The fraction of sp³-hybridized carbons (Fsp3) is 0.276. The maximum absolute atomic E-state index is 9.19. The van der Waals surface area contributed by atoms with Crippen molar-refractivity contribution in [3.63, 3.8) is 0 Å². The van der Waals surface area contributed by atoms with Crippen LogP contribution in [0.3, 0.4) is 0 Å². The largest absolute Gasteiger partial charge is 0.367 e. The molecule has 1 saturated carbocycles. The van der Waals surface area contributed by atoms with Gasteiger partial charge in [0.2, 0.25) is 5.96 Å². The highest BCUT2D eigenvalue weighted by Gasteiger charge is 2.46. The molecule has 1 aliphatic carbocycles. The Hall–Kier alpha value is -4.13. The van der Waals surface area contributed by atoms with Crippen LogP contribution in [0.15, 0.2) is 95.4 Å². The molecular formula is C29H31N7. The molecule has 0 unspecified atom stereocenters. The molecule has 0 radical (unpaired) electrons. The molecule has 3 aromatic rings. The van der Waals surface area contributed by atoms with Crippen LogP contribution < -0.4 is 10.6 Å². The zero-order valence-corrected chi connectivity index (χ0v) is 20.5. The molecule has 3 aliphatic rings. The van der Waals surface area contributed by atoms with Crippen molar-refractivity contribution in [3.8, 4) is 11.3 Å². The van der Waals surface area contributed by atoms with E-state index in [0.29, 0.717) is 31.0 Å². The molecule has 3 N–H and O–H groups in total. The number of hydrogen-bond donors (Lipinski definition) is 3. The number of nitrogens with zero attached hydrogens (tertiary/aromatic N) is 4. The summed E-state index contributed by atoms with van der Waals surface area (Å²) in [6.07, 6.45) is 5.21. The lowest BCUT2D eigenvalue weighted by Crippen LogP contribution is -2.54. The van der Waals surface area contributed by atoms with E-state index in [1.54, 1.807) is 0 Å². The standard InChI is InChI=1S/C29H31N7/c1-35-19-23(27(30)36-26-12-7-11-25(26)34-29(35)36)28(33-22-8-3-2-4-9-22)32-18-20-13-15-21(16-14-20)24-10-5-6-17-31-24/h2-6,8-10,13-17,25-26,30,32-33H,7,11-12,18-19H2,1H3/b28-23+,30-27?/t25-,26+/m1/s1. The number of aromatic nitrogens is 1. The summed E-state index contributed by atoms with van der Waals surface area (Å²) >= 11 is 0. The molecule has 1 saturated heterocycles. The average Bonchev–Trinajstić information content (AvgIpc) is 3.52. The van der Waals surface area contributed by atoms with Crippen molar-refractivity contribution in [2.45, 2.75) is 37.9 Å². The maximum atomic E-state index is 9.19. The van der Waals surface area contributed by atoms with Gasteiger partial charge in [0.15, 0.2) is 0 Å². The Bertz CT molecular complexity index is 1300. The molecule has 6 rings (SSSR count). The topological polar surface area (TPSA) is 79.6 Å². The van der Waals surface area contributed by atoms with Crippen LogP contribution in [-0.4, -0.2) is 52.3 Å². The van der Waals surface area contributed by atoms with Gasteiger partial charge in [0.25, 0.3) is 0 Å². The van der Waals surface area contributed by atoms with Gasteiger partial charge in [-0.05, 0) is 49.1 Å². The quantitative estimate of drug-likeness (QED) is 0.481. The van der Waals surface area contributed by atoms with Crippen molar-refractivity contribution in [3.05, 3.63) is 96.0 Å². The fourth-order valence-electron chi connectivity index (χ4n) is 5.41. The number of amidine groups is 1. The summed E-state index contributed by atoms with van der Waals surface area (Å²) in [6.45, 7) is 1.28. The minimum Gasteiger partial charge on any atom is -0.367 e. The van der Waals surface area contributed by atoms with Crippen LogP contribution in [0.5, 0.6) is 0 Å². The van der Waals surface area contributed by atoms with Gasteiger partial charge < -0.3 is 15.5 Å². The fourth-order valence-corrected chi connectivity index (χ4v) is 5.41. The van der Waals surface area contributed by atoms with Crippen molar-refractivity contribution in [1.82, 2.24) is 20.1 Å². The summed E-state index contributed by atoms with van der Waals surface area (Å²) in [5, 5.41) is 16.4. The van der Waals surface area contributed by atoms with Crippen molar-refractivity contribution >= 4 is 17.5 Å². The molecule has 0 amide bonds. The van der Waals surface area contributed by atoms with Crippen molar-refractivity contribution in [1.29, 1.82) is 5.41 Å². The van der Waals surface area contributed by atoms with E-state index in [0.717, 1.165) is 52.7 Å². The predicted octanol–water partition coefficient (Wildman–Crippen LogP) is 4.68. The second-order valence-corrected chi connectivity index (χ2v) is 9.68. The van der Waals surface area contributed by atoms with Crippen LogP contribution in [-0.2, 0) is 6.54 Å². The number of pyridine rings is 1. The third kappa shape index (κ3) is 4.21. The highest BCUT2D eigenvalue weighted by Crippen LogP contribution is 2.36. The first-order chi connectivity index (χ1) is 17.7. The maximum Gasteiger partial charge on any atom is 0.203 e. The first kappa shape index (κ1) is 22.3. The van der Waals surface area contributed by atoms with Crippen molar-refractivity contribution in [2.24, 2.45) is 4.99 Å². The number of rotatable bonds is 6. The third-order valence-corrected chi connectivity index (χ3v) is 7.26. The van der Waals surface area contributed by atoms with Gasteiger partial charge in [-0.15, -0.1) is 0 Å². The van der Waals surface area contributed by atoms with Gasteiger partial charge in [0.1, 0.15) is 11.7 Å². The first-order valence-electron chi connectivity index (χ1n) is 12.6. The molecule has 182 valence electrons. The van der Waals surface area contributed by atoms with Crippen LogP contribution in [0.1, 0.15) is 24.8 Å². The van der Waals surface area contributed by atoms with E-state index in [1.807, 2.05) is 42.6 Å². The van der Waals surface area contributed by atoms with E-state index in [2.05, 4.69) is 68.9 Å². The van der Waals surface area contributed by atoms with E-state index in [9.17, 15) is 5.41 Å². The van der Waals surface area contributed by atoms with Crippen LogP contribution in [0.4, 0.5) is 5.69 Å². The molecule has 0 bridgehead atoms. The lowest BCUT2D eigenvalue weighted by atomic mass is 10.1. The van der Waals surface area contributed by atoms with Gasteiger partial charge in [-0.25, -0.2) is 4.99 Å². The van der Waals surface area contributed by atoms with E-state index >= 15 is 0 Å². The van der Waals surface area contributed by atoms with Crippen LogP contribution >= 0.6 is 0 Å². The van der Waals surface area contributed by atoms with E-state index < -0.39 is 0 Å². The summed E-state index contributed by atoms with van der Waals surface area (Å²) in [5.41, 5.74) is 5.18.